The molecule has 0 bridgehead atoms. The van der Waals surface area contributed by atoms with Crippen LogP contribution in [0.5, 0.6) is 11.5 Å². The van der Waals surface area contributed by atoms with Gasteiger partial charge < -0.3 is 14.8 Å². The van der Waals surface area contributed by atoms with E-state index in [2.05, 4.69) is 5.32 Å². The summed E-state index contributed by atoms with van der Waals surface area (Å²) >= 11 is 0. The highest BCUT2D eigenvalue weighted by Crippen LogP contribution is 2.47. The zero-order valence-corrected chi connectivity index (χ0v) is 17.8. The van der Waals surface area contributed by atoms with E-state index in [1.165, 1.54) is 10.6 Å². The minimum Gasteiger partial charge on any atom is -0.448 e. The second-order valence-electron chi connectivity index (χ2n) is 8.39. The number of amides is 1. The molecule has 1 N–H and O–H groups in total. The van der Waals surface area contributed by atoms with Gasteiger partial charge in [0.15, 0.2) is 11.5 Å². The van der Waals surface area contributed by atoms with E-state index in [9.17, 15) is 13.2 Å². The van der Waals surface area contributed by atoms with E-state index in [-0.39, 0.29) is 11.9 Å². The number of carbonyl (C=O) groups excluding carboxylic acids is 1. The molecule has 8 heteroatoms. The van der Waals surface area contributed by atoms with Gasteiger partial charge in [-0.15, -0.1) is 0 Å². The predicted octanol–water partition coefficient (Wildman–Crippen LogP) is 3.69. The van der Waals surface area contributed by atoms with Crippen molar-refractivity contribution >= 4 is 27.3 Å². The molecule has 7 nitrogen and oxygen atoms in total. The van der Waals surface area contributed by atoms with Crippen molar-refractivity contribution < 1.29 is 22.7 Å². The lowest BCUT2D eigenvalue weighted by atomic mass is 10.1. The van der Waals surface area contributed by atoms with Crippen molar-refractivity contribution in [2.24, 2.45) is 0 Å². The maximum atomic E-state index is 12.8. The van der Waals surface area contributed by atoms with Gasteiger partial charge in [0, 0.05) is 36.2 Å². The Morgan fingerprint density at radius 2 is 1.83 bits per heavy atom. The van der Waals surface area contributed by atoms with Gasteiger partial charge in [0.2, 0.25) is 10.0 Å². The molecule has 2 aliphatic heterocycles. The number of fused-ring (bicyclic) bond motifs is 2. The van der Waals surface area contributed by atoms with Gasteiger partial charge in [-0.3, -0.25) is 9.10 Å². The number of sulfonamides is 1. The second kappa shape index (κ2) is 6.63. The van der Waals surface area contributed by atoms with Crippen molar-refractivity contribution in [3.05, 3.63) is 47.5 Å². The summed E-state index contributed by atoms with van der Waals surface area (Å²) in [5, 5.41) is 2.90. The zero-order valence-electron chi connectivity index (χ0n) is 17.0. The molecule has 2 aromatic rings. The van der Waals surface area contributed by atoms with Gasteiger partial charge in [-0.2, -0.15) is 0 Å². The van der Waals surface area contributed by atoms with E-state index in [0.717, 1.165) is 31.2 Å². The quantitative estimate of drug-likeness (QED) is 0.806. The molecule has 1 atom stereocenters. The Balaban J connectivity index is 1.35. The number of benzene rings is 2. The van der Waals surface area contributed by atoms with Gasteiger partial charge in [-0.25, -0.2) is 8.42 Å². The van der Waals surface area contributed by atoms with Crippen LogP contribution in [0.2, 0.25) is 0 Å². The van der Waals surface area contributed by atoms with Gasteiger partial charge in [-0.05, 0) is 62.1 Å². The summed E-state index contributed by atoms with van der Waals surface area (Å²) in [4.78, 5) is 12.8. The molecule has 1 fully saturated rings. The fourth-order valence-electron chi connectivity index (χ4n) is 4.74. The summed E-state index contributed by atoms with van der Waals surface area (Å²) in [7, 11) is -3.36. The summed E-state index contributed by atoms with van der Waals surface area (Å²) in [6.07, 6.45) is 5.71. The number of rotatable bonds is 3. The van der Waals surface area contributed by atoms with Crippen molar-refractivity contribution in [2.45, 2.75) is 50.9 Å². The van der Waals surface area contributed by atoms with Crippen LogP contribution in [0.4, 0.5) is 11.4 Å². The number of ether oxygens (including phenoxy) is 2. The Kier molecular flexibility index (Phi) is 4.25. The van der Waals surface area contributed by atoms with Crippen LogP contribution in [0.25, 0.3) is 0 Å². The minimum absolute atomic E-state index is 0.162. The molecule has 1 spiro atoms. The van der Waals surface area contributed by atoms with Crippen LogP contribution in [-0.4, -0.2) is 32.4 Å². The molecule has 0 saturated heterocycles. The summed E-state index contributed by atoms with van der Waals surface area (Å²) in [6.45, 7) is 1.87. The van der Waals surface area contributed by atoms with Crippen molar-refractivity contribution in [3.8, 4) is 11.5 Å². The average Bonchev–Trinajstić information content (AvgIpc) is 3.36. The highest BCUT2D eigenvalue weighted by atomic mass is 32.2. The van der Waals surface area contributed by atoms with Crippen LogP contribution in [0, 0.1) is 0 Å². The lowest BCUT2D eigenvalue weighted by Crippen LogP contribution is -2.34. The highest BCUT2D eigenvalue weighted by molar-refractivity contribution is 7.92. The molecule has 5 rings (SSSR count). The third kappa shape index (κ3) is 3.19. The van der Waals surface area contributed by atoms with Crippen LogP contribution >= 0.6 is 0 Å². The summed E-state index contributed by atoms with van der Waals surface area (Å²) in [5.41, 5.74) is 2.62. The van der Waals surface area contributed by atoms with E-state index in [4.69, 9.17) is 9.47 Å². The molecule has 158 valence electrons. The third-order valence-corrected chi connectivity index (χ3v) is 7.28. The molecule has 3 aliphatic rings. The SMILES string of the molecule is C[C@@H]1Cc2cc(C(=O)Nc3ccc4c(c3)OC3(CCCC3)O4)ccc2N1S(C)(=O)=O. The Morgan fingerprint density at radius 1 is 1.10 bits per heavy atom. The fourth-order valence-corrected chi connectivity index (χ4v) is 6.01. The van der Waals surface area contributed by atoms with Crippen LogP contribution in [0.15, 0.2) is 36.4 Å². The lowest BCUT2D eigenvalue weighted by Gasteiger charge is -2.21. The average molecular weight is 429 g/mol. The van der Waals surface area contributed by atoms with Crippen LogP contribution in [0.1, 0.15) is 48.5 Å². The van der Waals surface area contributed by atoms with Crippen LogP contribution in [-0.2, 0) is 16.4 Å². The molecule has 30 heavy (non-hydrogen) atoms. The monoisotopic (exact) mass is 428 g/mol. The minimum atomic E-state index is -3.36. The number of hydrogen-bond donors (Lipinski definition) is 1. The number of hydrogen-bond acceptors (Lipinski definition) is 5. The largest absolute Gasteiger partial charge is 0.448 e. The Morgan fingerprint density at radius 3 is 2.57 bits per heavy atom. The van der Waals surface area contributed by atoms with Crippen molar-refractivity contribution in [1.82, 2.24) is 0 Å². The van der Waals surface area contributed by atoms with Gasteiger partial charge in [0.25, 0.3) is 11.7 Å². The topological polar surface area (TPSA) is 84.9 Å². The van der Waals surface area contributed by atoms with Crippen molar-refractivity contribution in [2.75, 3.05) is 15.9 Å². The maximum Gasteiger partial charge on any atom is 0.255 e. The summed E-state index contributed by atoms with van der Waals surface area (Å²) < 4.78 is 37.6. The molecule has 1 amide bonds. The van der Waals surface area contributed by atoms with Gasteiger partial charge >= 0.3 is 0 Å². The number of nitrogens with zero attached hydrogens (tertiary/aromatic N) is 1. The lowest BCUT2D eigenvalue weighted by molar-refractivity contribution is -0.0716. The van der Waals surface area contributed by atoms with Gasteiger partial charge in [-0.1, -0.05) is 0 Å². The first-order valence-electron chi connectivity index (χ1n) is 10.2. The van der Waals surface area contributed by atoms with Gasteiger partial charge in [0.1, 0.15) is 0 Å². The Bertz CT molecular complexity index is 1140. The Hall–Kier alpha value is -2.74. The fraction of sp³-hybridized carbons (Fsp3) is 0.409. The molecular weight excluding hydrogens is 404 g/mol. The second-order valence-corrected chi connectivity index (χ2v) is 10.3. The van der Waals surface area contributed by atoms with Crippen molar-refractivity contribution in [3.63, 3.8) is 0 Å². The van der Waals surface area contributed by atoms with Crippen molar-refractivity contribution in [1.29, 1.82) is 0 Å². The molecule has 2 heterocycles. The first-order valence-corrected chi connectivity index (χ1v) is 12.0. The van der Waals surface area contributed by atoms with Crippen LogP contribution in [0.3, 0.4) is 0 Å². The highest BCUT2D eigenvalue weighted by Gasteiger charge is 2.44. The molecule has 0 radical (unpaired) electrons. The van der Waals surface area contributed by atoms with Crippen LogP contribution < -0.4 is 19.1 Å². The van der Waals surface area contributed by atoms with E-state index in [1.54, 1.807) is 30.3 Å². The Labute approximate surface area is 176 Å². The molecule has 1 aliphatic carbocycles. The molecule has 0 aromatic heterocycles. The molecule has 0 unspecified atom stereocenters. The maximum absolute atomic E-state index is 12.8. The molecular formula is C22H24N2O5S. The smallest absolute Gasteiger partial charge is 0.255 e. The predicted molar refractivity (Wildman–Crippen MR) is 114 cm³/mol. The molecule has 1 saturated carbocycles. The number of carbonyl (C=O) groups is 1. The normalized spacial score (nSPS) is 21.1. The standard InChI is InChI=1S/C22H24N2O5S/c1-14-11-16-12-15(5-7-18(16)24(14)30(2,26)27)21(25)23-17-6-8-19-20(13-17)29-22(28-19)9-3-4-10-22/h5-8,12-14H,3-4,9-11H2,1-2H3,(H,23,25)/t14-/m1/s1. The first kappa shape index (κ1) is 19.2. The van der Waals surface area contributed by atoms with Gasteiger partial charge in [0.05, 0.1) is 11.9 Å². The van der Waals surface area contributed by atoms with E-state index < -0.39 is 15.8 Å². The summed E-state index contributed by atoms with van der Waals surface area (Å²) in [6, 6.07) is 10.4. The first-order chi connectivity index (χ1) is 14.2. The number of anilines is 2. The van der Waals surface area contributed by atoms with E-state index >= 15 is 0 Å². The zero-order chi connectivity index (χ0) is 21.1. The summed E-state index contributed by atoms with van der Waals surface area (Å²) in [5.74, 6) is 0.578. The van der Waals surface area contributed by atoms with E-state index in [0.29, 0.717) is 34.9 Å². The molecule has 2 aromatic carbocycles. The van der Waals surface area contributed by atoms with E-state index in [1.807, 2.05) is 13.0 Å². The number of nitrogens with one attached hydrogen (secondary N) is 1. The third-order valence-electron chi connectivity index (χ3n) is 6.01.